The molecule has 4 N–H and O–H groups in total. The highest BCUT2D eigenvalue weighted by Crippen LogP contribution is 2.16. The van der Waals surface area contributed by atoms with Crippen LogP contribution in [0, 0.1) is 5.41 Å². The molecular formula is C16H27N3O2. The number of amides is 1. The summed E-state index contributed by atoms with van der Waals surface area (Å²) in [5.74, 6) is 0.451. The fourth-order valence-electron chi connectivity index (χ4n) is 1.13. The minimum atomic E-state index is -0.496. The van der Waals surface area contributed by atoms with Crippen LogP contribution in [0.15, 0.2) is 35.3 Å². The SMILES string of the molecule is CC(C)(C)C(=O)N=C(N)N.CC(C)(C)Oc1ccccc1. The Kier molecular flexibility index (Phi) is 6.92. The van der Waals surface area contributed by atoms with E-state index in [9.17, 15) is 4.79 Å². The molecule has 0 saturated carbocycles. The summed E-state index contributed by atoms with van der Waals surface area (Å²) in [4.78, 5) is 14.3. The first-order chi connectivity index (χ1) is 9.42. The van der Waals surface area contributed by atoms with Crippen LogP contribution in [0.2, 0.25) is 0 Å². The predicted octanol–water partition coefficient (Wildman–Crippen LogP) is 2.70. The lowest BCUT2D eigenvalue weighted by atomic mass is 9.96. The number of aliphatic imine (C=N–C) groups is 1. The van der Waals surface area contributed by atoms with Crippen LogP contribution >= 0.6 is 0 Å². The quantitative estimate of drug-likeness (QED) is 0.615. The van der Waals surface area contributed by atoms with Crippen molar-refractivity contribution in [2.24, 2.45) is 21.9 Å². The van der Waals surface area contributed by atoms with Crippen LogP contribution in [0.4, 0.5) is 0 Å². The maximum absolute atomic E-state index is 10.9. The van der Waals surface area contributed by atoms with E-state index in [1.54, 1.807) is 20.8 Å². The van der Waals surface area contributed by atoms with Crippen molar-refractivity contribution in [2.75, 3.05) is 0 Å². The minimum Gasteiger partial charge on any atom is -0.488 e. The average molecular weight is 293 g/mol. The van der Waals surface area contributed by atoms with Crippen LogP contribution in [-0.4, -0.2) is 17.5 Å². The van der Waals surface area contributed by atoms with Gasteiger partial charge in [0.2, 0.25) is 0 Å². The summed E-state index contributed by atoms with van der Waals surface area (Å²) in [6.07, 6.45) is 0. The number of rotatable bonds is 1. The number of para-hydroxylation sites is 1. The first kappa shape index (κ1) is 19.0. The van der Waals surface area contributed by atoms with Gasteiger partial charge in [-0.1, -0.05) is 39.0 Å². The van der Waals surface area contributed by atoms with Crippen molar-refractivity contribution in [2.45, 2.75) is 47.1 Å². The van der Waals surface area contributed by atoms with Gasteiger partial charge in [-0.3, -0.25) is 4.79 Å². The van der Waals surface area contributed by atoms with Crippen molar-refractivity contribution < 1.29 is 9.53 Å². The van der Waals surface area contributed by atoms with E-state index in [0.29, 0.717) is 0 Å². The second kappa shape index (κ2) is 7.67. The number of hydrogen-bond acceptors (Lipinski definition) is 2. The zero-order chi connectivity index (χ0) is 16.7. The molecule has 0 saturated heterocycles. The molecule has 5 heteroatoms. The number of benzene rings is 1. The van der Waals surface area contributed by atoms with Gasteiger partial charge in [0, 0.05) is 5.41 Å². The van der Waals surface area contributed by atoms with Crippen molar-refractivity contribution in [3.8, 4) is 5.75 Å². The van der Waals surface area contributed by atoms with Gasteiger partial charge in [-0.25, -0.2) is 0 Å². The Morgan fingerprint density at radius 3 is 1.76 bits per heavy atom. The van der Waals surface area contributed by atoms with E-state index in [0.717, 1.165) is 5.75 Å². The van der Waals surface area contributed by atoms with Crippen LogP contribution in [0.5, 0.6) is 5.75 Å². The molecule has 118 valence electrons. The van der Waals surface area contributed by atoms with Crippen molar-refractivity contribution in [3.05, 3.63) is 30.3 Å². The number of carbonyl (C=O) groups excluding carboxylic acids is 1. The molecule has 0 spiro atoms. The van der Waals surface area contributed by atoms with Gasteiger partial charge in [0.25, 0.3) is 5.91 Å². The molecule has 1 aromatic rings. The highest BCUT2D eigenvalue weighted by molar-refractivity contribution is 5.93. The normalized spacial score (nSPS) is 11.0. The average Bonchev–Trinajstić information content (AvgIpc) is 2.26. The molecule has 0 fully saturated rings. The van der Waals surface area contributed by atoms with Crippen LogP contribution in [0.1, 0.15) is 41.5 Å². The van der Waals surface area contributed by atoms with Gasteiger partial charge >= 0.3 is 0 Å². The van der Waals surface area contributed by atoms with E-state index in [1.165, 1.54) is 0 Å². The van der Waals surface area contributed by atoms with E-state index in [-0.39, 0.29) is 17.5 Å². The van der Waals surface area contributed by atoms with Gasteiger partial charge in [-0.2, -0.15) is 4.99 Å². The Labute approximate surface area is 127 Å². The largest absolute Gasteiger partial charge is 0.488 e. The maximum Gasteiger partial charge on any atom is 0.254 e. The molecular weight excluding hydrogens is 266 g/mol. The summed E-state index contributed by atoms with van der Waals surface area (Å²) in [6.45, 7) is 11.4. The number of nitrogens with two attached hydrogens (primary N) is 2. The van der Waals surface area contributed by atoms with Gasteiger partial charge in [0.05, 0.1) is 0 Å². The predicted molar refractivity (Wildman–Crippen MR) is 87.1 cm³/mol. The monoisotopic (exact) mass is 293 g/mol. The van der Waals surface area contributed by atoms with Crippen molar-refractivity contribution in [1.29, 1.82) is 0 Å². The van der Waals surface area contributed by atoms with E-state index in [2.05, 4.69) is 4.99 Å². The first-order valence-electron chi connectivity index (χ1n) is 6.80. The maximum atomic E-state index is 10.9. The highest BCUT2D eigenvalue weighted by atomic mass is 16.5. The second-order valence-electron chi connectivity index (χ2n) is 6.62. The minimum absolute atomic E-state index is 0.0959. The smallest absolute Gasteiger partial charge is 0.254 e. The molecule has 0 aromatic heterocycles. The molecule has 21 heavy (non-hydrogen) atoms. The molecule has 0 heterocycles. The number of guanidine groups is 1. The fraction of sp³-hybridized carbons (Fsp3) is 0.500. The van der Waals surface area contributed by atoms with Crippen LogP contribution in [0.25, 0.3) is 0 Å². The third-order valence-electron chi connectivity index (χ3n) is 2.04. The van der Waals surface area contributed by atoms with E-state index >= 15 is 0 Å². The lowest BCUT2D eigenvalue weighted by molar-refractivity contribution is -0.124. The van der Waals surface area contributed by atoms with E-state index in [1.807, 2.05) is 51.1 Å². The van der Waals surface area contributed by atoms with Crippen molar-refractivity contribution in [1.82, 2.24) is 0 Å². The lowest BCUT2D eigenvalue weighted by Gasteiger charge is -2.20. The summed E-state index contributed by atoms with van der Waals surface area (Å²) >= 11 is 0. The van der Waals surface area contributed by atoms with Gasteiger partial charge in [-0.05, 0) is 32.9 Å². The Hall–Kier alpha value is -2.04. The van der Waals surface area contributed by atoms with Gasteiger partial charge < -0.3 is 16.2 Å². The number of nitrogens with zero attached hydrogens (tertiary/aromatic N) is 1. The van der Waals surface area contributed by atoms with E-state index < -0.39 is 5.41 Å². The molecule has 0 unspecified atom stereocenters. The molecule has 0 radical (unpaired) electrons. The van der Waals surface area contributed by atoms with Gasteiger partial charge in [-0.15, -0.1) is 0 Å². The topological polar surface area (TPSA) is 90.7 Å². The third kappa shape index (κ3) is 10.4. The summed E-state index contributed by atoms with van der Waals surface area (Å²) in [6, 6.07) is 9.86. The number of hydrogen-bond donors (Lipinski definition) is 2. The number of carbonyl (C=O) groups is 1. The summed E-state index contributed by atoms with van der Waals surface area (Å²) in [5, 5.41) is 0. The molecule has 0 bridgehead atoms. The van der Waals surface area contributed by atoms with Crippen molar-refractivity contribution in [3.63, 3.8) is 0 Å². The zero-order valence-corrected chi connectivity index (χ0v) is 13.8. The summed E-state index contributed by atoms with van der Waals surface area (Å²) in [5.41, 5.74) is 9.40. The molecule has 0 aliphatic carbocycles. The molecule has 0 atom stereocenters. The molecule has 1 rings (SSSR count). The first-order valence-corrected chi connectivity index (χ1v) is 6.80. The molecule has 1 aromatic carbocycles. The highest BCUT2D eigenvalue weighted by Gasteiger charge is 2.20. The van der Waals surface area contributed by atoms with Gasteiger partial charge in [0.1, 0.15) is 11.4 Å². The summed E-state index contributed by atoms with van der Waals surface area (Å²) < 4.78 is 5.60. The Morgan fingerprint density at radius 2 is 1.48 bits per heavy atom. The second-order valence-corrected chi connectivity index (χ2v) is 6.62. The standard InChI is InChI=1S/C10H14O.C6H13N3O/c1-10(2,3)11-9-7-5-4-6-8-9;1-6(2,3)4(10)9-5(7)8/h4-8H,1-3H3;1-3H3,(H4,7,8,9,10). The Morgan fingerprint density at radius 1 is 1.00 bits per heavy atom. The lowest BCUT2D eigenvalue weighted by Crippen LogP contribution is -2.28. The molecule has 1 amide bonds. The fourth-order valence-corrected chi connectivity index (χ4v) is 1.13. The Bertz CT molecular complexity index is 465. The molecule has 0 aliphatic heterocycles. The van der Waals surface area contributed by atoms with Crippen LogP contribution in [0.3, 0.4) is 0 Å². The van der Waals surface area contributed by atoms with Gasteiger partial charge in [0.15, 0.2) is 5.96 Å². The van der Waals surface area contributed by atoms with Crippen LogP contribution in [-0.2, 0) is 4.79 Å². The molecule has 0 aliphatic rings. The van der Waals surface area contributed by atoms with Crippen molar-refractivity contribution >= 4 is 11.9 Å². The molecule has 5 nitrogen and oxygen atoms in total. The number of ether oxygens (including phenoxy) is 1. The van der Waals surface area contributed by atoms with Crippen LogP contribution < -0.4 is 16.2 Å². The zero-order valence-electron chi connectivity index (χ0n) is 13.8. The van der Waals surface area contributed by atoms with E-state index in [4.69, 9.17) is 16.2 Å². The third-order valence-corrected chi connectivity index (χ3v) is 2.04. The summed E-state index contributed by atoms with van der Waals surface area (Å²) in [7, 11) is 0. The Balaban J connectivity index is 0.000000384.